The van der Waals surface area contributed by atoms with Crippen LogP contribution in [0.15, 0.2) is 10.6 Å². The fraction of sp³-hybridized carbons (Fsp3) is 0.818. The number of hydrogen-bond acceptors (Lipinski definition) is 7. The Morgan fingerprint density at radius 2 is 1.67 bits per heavy atom. The lowest BCUT2D eigenvalue weighted by atomic mass is 10.1. The zero-order valence-electron chi connectivity index (χ0n) is 19.6. The van der Waals surface area contributed by atoms with Gasteiger partial charge in [-0.15, -0.1) is 0 Å². The molecule has 0 aliphatic carbocycles. The van der Waals surface area contributed by atoms with Gasteiger partial charge in [-0.3, -0.25) is 9.36 Å². The molecule has 1 rings (SSSR count). The highest BCUT2D eigenvalue weighted by atomic mass is 31.2. The van der Waals surface area contributed by atoms with Gasteiger partial charge in [-0.2, -0.15) is 0 Å². The Balaban J connectivity index is 2.85. The van der Waals surface area contributed by atoms with Crippen molar-refractivity contribution in [2.45, 2.75) is 104 Å². The molecule has 30 heavy (non-hydrogen) atoms. The van der Waals surface area contributed by atoms with Gasteiger partial charge in [0.05, 0.1) is 18.9 Å². The molecule has 8 heteroatoms. The van der Waals surface area contributed by atoms with E-state index in [1.165, 1.54) is 25.7 Å². The fourth-order valence-corrected chi connectivity index (χ4v) is 4.99. The van der Waals surface area contributed by atoms with Crippen molar-refractivity contribution in [1.29, 1.82) is 0 Å². The van der Waals surface area contributed by atoms with Crippen molar-refractivity contribution in [2.75, 3.05) is 13.2 Å². The van der Waals surface area contributed by atoms with Gasteiger partial charge < -0.3 is 18.3 Å². The number of aromatic nitrogens is 1. The molecule has 1 heterocycles. The molecule has 0 spiro atoms. The van der Waals surface area contributed by atoms with Gasteiger partial charge >= 0.3 is 13.6 Å². The van der Waals surface area contributed by atoms with E-state index in [1.807, 2.05) is 6.07 Å². The molecule has 0 saturated carbocycles. The van der Waals surface area contributed by atoms with E-state index < -0.39 is 24.8 Å². The lowest BCUT2D eigenvalue weighted by Gasteiger charge is -2.28. The van der Waals surface area contributed by atoms with E-state index in [0.29, 0.717) is 5.69 Å². The van der Waals surface area contributed by atoms with Crippen LogP contribution in [0.1, 0.15) is 91.5 Å². The van der Waals surface area contributed by atoms with Crippen molar-refractivity contribution in [1.82, 2.24) is 5.16 Å². The average Bonchev–Trinajstić information content (AvgIpc) is 3.09. The third kappa shape index (κ3) is 9.76. The second kappa shape index (κ2) is 13.3. The summed E-state index contributed by atoms with van der Waals surface area (Å²) in [7, 11) is -3.72. The minimum atomic E-state index is -3.72. The zero-order chi connectivity index (χ0) is 22.6. The predicted octanol–water partition coefficient (Wildman–Crippen LogP) is 6.10. The van der Waals surface area contributed by atoms with Crippen molar-refractivity contribution in [2.24, 2.45) is 0 Å². The second-order valence-corrected chi connectivity index (χ2v) is 10.7. The maximum absolute atomic E-state index is 13.3. The van der Waals surface area contributed by atoms with E-state index in [9.17, 15) is 9.36 Å². The SMILES string of the molecule is CCCCCCCCc1cc(CC(C(=O)OC(C)(C)C)P(=O)(OCC)OCC)no1. The second-order valence-electron chi connectivity index (χ2n) is 8.43. The molecule has 0 aliphatic heterocycles. The van der Waals surface area contributed by atoms with Gasteiger partial charge in [0.1, 0.15) is 11.4 Å². The monoisotopic (exact) mass is 445 g/mol. The number of nitrogens with zero attached hydrogens (tertiary/aromatic N) is 1. The topological polar surface area (TPSA) is 87.9 Å². The lowest BCUT2D eigenvalue weighted by molar-refractivity contribution is -0.154. The molecule has 0 bridgehead atoms. The molecule has 1 aromatic heterocycles. The van der Waals surface area contributed by atoms with E-state index in [4.69, 9.17) is 18.3 Å². The Labute approximate surface area is 181 Å². The smallest absolute Gasteiger partial charge is 0.345 e. The fourth-order valence-electron chi connectivity index (χ4n) is 3.12. The van der Waals surface area contributed by atoms with Gasteiger partial charge in [0.15, 0.2) is 5.66 Å². The van der Waals surface area contributed by atoms with Gasteiger partial charge in [-0.25, -0.2) is 0 Å². The maximum atomic E-state index is 13.3. The summed E-state index contributed by atoms with van der Waals surface area (Å²) in [5.41, 5.74) is -1.26. The minimum absolute atomic E-state index is 0.0756. The van der Waals surface area contributed by atoms with Gasteiger partial charge in [-0.1, -0.05) is 44.2 Å². The highest BCUT2D eigenvalue weighted by Crippen LogP contribution is 2.54. The van der Waals surface area contributed by atoms with Crippen LogP contribution in [0, 0.1) is 0 Å². The molecule has 0 aliphatic rings. The average molecular weight is 446 g/mol. The maximum Gasteiger partial charge on any atom is 0.345 e. The largest absolute Gasteiger partial charge is 0.459 e. The zero-order valence-corrected chi connectivity index (χ0v) is 20.5. The summed E-state index contributed by atoms with van der Waals surface area (Å²) in [6.45, 7) is 11.3. The Morgan fingerprint density at radius 1 is 1.07 bits per heavy atom. The summed E-state index contributed by atoms with van der Waals surface area (Å²) in [6.07, 6.45) is 8.05. The van der Waals surface area contributed by atoms with Crippen LogP contribution < -0.4 is 0 Å². The minimum Gasteiger partial charge on any atom is -0.459 e. The number of rotatable bonds is 15. The third-order valence-electron chi connectivity index (χ3n) is 4.47. The Kier molecular flexibility index (Phi) is 11.9. The summed E-state index contributed by atoms with van der Waals surface area (Å²) in [5, 5.41) is 4.08. The van der Waals surface area contributed by atoms with Crippen LogP contribution >= 0.6 is 7.60 Å². The number of carbonyl (C=O) groups excluding carboxylic acids is 1. The van der Waals surface area contributed by atoms with Gasteiger partial charge in [0, 0.05) is 18.9 Å². The molecular weight excluding hydrogens is 405 g/mol. The van der Waals surface area contributed by atoms with Crippen molar-refractivity contribution >= 4 is 13.6 Å². The summed E-state index contributed by atoms with van der Waals surface area (Å²) in [4.78, 5) is 12.9. The first-order valence-electron chi connectivity index (χ1n) is 11.2. The van der Waals surface area contributed by atoms with Gasteiger partial charge in [-0.05, 0) is 41.0 Å². The van der Waals surface area contributed by atoms with Crippen molar-refractivity contribution < 1.29 is 27.7 Å². The molecule has 0 aromatic carbocycles. The Hall–Kier alpha value is -1.17. The molecule has 7 nitrogen and oxygen atoms in total. The number of ether oxygens (including phenoxy) is 1. The molecular formula is C22H40NO6P. The molecule has 0 N–H and O–H groups in total. The number of carbonyl (C=O) groups is 1. The quantitative estimate of drug-likeness (QED) is 0.183. The highest BCUT2D eigenvalue weighted by molar-refractivity contribution is 7.55. The molecule has 0 radical (unpaired) electrons. The number of hydrogen-bond donors (Lipinski definition) is 0. The van der Waals surface area contributed by atoms with Crippen molar-refractivity contribution in [3.63, 3.8) is 0 Å². The summed E-state index contributed by atoms with van der Waals surface area (Å²) < 4.78 is 35.1. The summed E-state index contributed by atoms with van der Waals surface area (Å²) >= 11 is 0. The van der Waals surface area contributed by atoms with Crippen molar-refractivity contribution in [3.8, 4) is 0 Å². The number of unbranched alkanes of at least 4 members (excludes halogenated alkanes) is 5. The first-order valence-corrected chi connectivity index (χ1v) is 12.8. The van der Waals surface area contributed by atoms with Crippen LogP contribution in [0.2, 0.25) is 0 Å². The normalized spacial score (nSPS) is 13.4. The van der Waals surface area contributed by atoms with Gasteiger partial charge in [0.2, 0.25) is 0 Å². The highest BCUT2D eigenvalue weighted by Gasteiger charge is 2.44. The molecule has 1 aromatic rings. The standard InChI is InChI=1S/C22H40NO6P/c1-7-10-11-12-13-14-15-19-16-18(23-29-19)17-20(21(24)28-22(4,5)6)30(25,26-8-2)27-9-3/h16,20H,7-15,17H2,1-6H3. The lowest BCUT2D eigenvalue weighted by Crippen LogP contribution is -2.34. The third-order valence-corrected chi connectivity index (χ3v) is 6.86. The van der Waals surface area contributed by atoms with Crippen LogP contribution in [0.5, 0.6) is 0 Å². The molecule has 0 fully saturated rings. The molecule has 0 amide bonds. The number of esters is 1. The Morgan fingerprint density at radius 3 is 2.23 bits per heavy atom. The van der Waals surface area contributed by atoms with E-state index in [2.05, 4.69) is 12.1 Å². The van der Waals surface area contributed by atoms with E-state index in [-0.39, 0.29) is 19.6 Å². The predicted molar refractivity (Wildman–Crippen MR) is 118 cm³/mol. The van der Waals surface area contributed by atoms with Gasteiger partial charge in [0.25, 0.3) is 0 Å². The first kappa shape index (κ1) is 26.9. The van der Waals surface area contributed by atoms with Crippen LogP contribution in [0.4, 0.5) is 0 Å². The van der Waals surface area contributed by atoms with Crippen LogP contribution in [0.3, 0.4) is 0 Å². The summed E-state index contributed by atoms with van der Waals surface area (Å²) in [5.74, 6) is 0.152. The first-order chi connectivity index (χ1) is 14.1. The van der Waals surface area contributed by atoms with E-state index in [1.54, 1.807) is 34.6 Å². The van der Waals surface area contributed by atoms with E-state index in [0.717, 1.165) is 25.0 Å². The van der Waals surface area contributed by atoms with Crippen LogP contribution in [-0.4, -0.2) is 35.6 Å². The molecule has 174 valence electrons. The van der Waals surface area contributed by atoms with Crippen molar-refractivity contribution in [3.05, 3.63) is 17.5 Å². The number of aryl methyl sites for hydroxylation is 1. The van der Waals surface area contributed by atoms with Crippen LogP contribution in [0.25, 0.3) is 0 Å². The molecule has 0 saturated heterocycles. The van der Waals surface area contributed by atoms with Crippen LogP contribution in [-0.2, 0) is 36.0 Å². The molecule has 1 atom stereocenters. The Bertz CT molecular complexity index is 657. The molecule has 1 unspecified atom stereocenters. The van der Waals surface area contributed by atoms with E-state index >= 15 is 0 Å². The summed E-state index contributed by atoms with van der Waals surface area (Å²) in [6, 6.07) is 1.83.